The number of para-hydroxylation sites is 1. The zero-order valence-electron chi connectivity index (χ0n) is 13.1. The van der Waals surface area contributed by atoms with Crippen LogP contribution in [0.1, 0.15) is 19.1 Å². The Balaban J connectivity index is 1.81. The minimum Gasteiger partial charge on any atom is -0.358 e. The van der Waals surface area contributed by atoms with Gasteiger partial charge < -0.3 is 10.1 Å². The number of ether oxygens (including phenoxy) is 1. The number of thioether (sulfide) groups is 1. The van der Waals surface area contributed by atoms with Crippen LogP contribution in [0.3, 0.4) is 0 Å². The molecule has 0 bridgehead atoms. The first-order valence-electron chi connectivity index (χ1n) is 7.68. The Hall–Kier alpha value is -2.19. The van der Waals surface area contributed by atoms with Crippen molar-refractivity contribution in [2.75, 3.05) is 18.2 Å². The molecule has 1 saturated heterocycles. The van der Waals surface area contributed by atoms with E-state index >= 15 is 0 Å². The van der Waals surface area contributed by atoms with Crippen molar-refractivity contribution in [3.8, 4) is 0 Å². The fourth-order valence-corrected chi connectivity index (χ4v) is 3.12. The Bertz CT molecular complexity index is 878. The summed E-state index contributed by atoms with van der Waals surface area (Å²) in [6.45, 7) is 0.741. The van der Waals surface area contributed by atoms with Crippen molar-refractivity contribution in [2.24, 2.45) is 0 Å². The maximum Gasteiger partial charge on any atom is 0.191 e. The van der Waals surface area contributed by atoms with Gasteiger partial charge >= 0.3 is 0 Å². The van der Waals surface area contributed by atoms with E-state index < -0.39 is 0 Å². The SMILES string of the molecule is CSc1nc(Nc2ccccc2F)c2ncn(C3CCCO3)c2n1. The van der Waals surface area contributed by atoms with E-state index in [1.54, 1.807) is 24.5 Å². The fourth-order valence-electron chi connectivity index (χ4n) is 2.76. The molecule has 1 fully saturated rings. The van der Waals surface area contributed by atoms with Gasteiger partial charge in [0.1, 0.15) is 12.0 Å². The maximum absolute atomic E-state index is 14.0. The minimum absolute atomic E-state index is 0.0547. The second kappa shape index (κ2) is 6.37. The molecular formula is C16H16FN5OS. The van der Waals surface area contributed by atoms with Crippen LogP contribution in [0.4, 0.5) is 15.9 Å². The standard InChI is InChI=1S/C16H16FN5OS/c1-24-16-20-14(19-11-6-3-2-5-10(11)17)13-15(21-16)22(9-18-13)12-7-4-8-23-12/h2-3,5-6,9,12H,4,7-8H2,1H3,(H,19,20,21). The zero-order chi connectivity index (χ0) is 16.5. The molecule has 3 aromatic rings. The number of nitrogens with zero attached hydrogens (tertiary/aromatic N) is 4. The topological polar surface area (TPSA) is 64.9 Å². The summed E-state index contributed by atoms with van der Waals surface area (Å²) in [5.74, 6) is 0.153. The first-order chi connectivity index (χ1) is 11.8. The number of benzene rings is 1. The van der Waals surface area contributed by atoms with E-state index in [0.717, 1.165) is 19.4 Å². The summed E-state index contributed by atoms with van der Waals surface area (Å²) in [5, 5.41) is 3.64. The molecule has 0 aliphatic carbocycles. The van der Waals surface area contributed by atoms with E-state index in [0.29, 0.717) is 27.8 Å². The summed E-state index contributed by atoms with van der Waals surface area (Å²) >= 11 is 1.43. The van der Waals surface area contributed by atoms with Crippen LogP contribution in [0.5, 0.6) is 0 Å². The maximum atomic E-state index is 14.0. The van der Waals surface area contributed by atoms with Gasteiger partial charge in [0.2, 0.25) is 0 Å². The number of hydrogen-bond acceptors (Lipinski definition) is 6. The van der Waals surface area contributed by atoms with E-state index in [4.69, 9.17) is 4.74 Å². The fraction of sp³-hybridized carbons (Fsp3) is 0.312. The Morgan fingerprint density at radius 3 is 2.96 bits per heavy atom. The number of rotatable bonds is 4. The normalized spacial score (nSPS) is 17.5. The second-order valence-corrected chi connectivity index (χ2v) is 6.23. The molecule has 8 heteroatoms. The highest BCUT2D eigenvalue weighted by atomic mass is 32.2. The summed E-state index contributed by atoms with van der Waals surface area (Å²) in [7, 11) is 0. The molecule has 1 atom stereocenters. The Labute approximate surface area is 142 Å². The van der Waals surface area contributed by atoms with Crippen molar-refractivity contribution in [3.05, 3.63) is 36.4 Å². The third-order valence-corrected chi connectivity index (χ3v) is 4.47. The van der Waals surface area contributed by atoms with E-state index in [9.17, 15) is 4.39 Å². The van der Waals surface area contributed by atoms with Crippen LogP contribution in [0.2, 0.25) is 0 Å². The van der Waals surface area contributed by atoms with Crippen LogP contribution < -0.4 is 5.32 Å². The molecule has 0 amide bonds. The van der Waals surface area contributed by atoms with Gasteiger partial charge in [-0.3, -0.25) is 4.57 Å². The number of imidazole rings is 1. The van der Waals surface area contributed by atoms with E-state index in [2.05, 4.69) is 20.3 Å². The van der Waals surface area contributed by atoms with Gasteiger partial charge in [0.25, 0.3) is 0 Å². The van der Waals surface area contributed by atoms with Gasteiger partial charge in [0.15, 0.2) is 22.1 Å². The smallest absolute Gasteiger partial charge is 0.191 e. The van der Waals surface area contributed by atoms with Crippen molar-refractivity contribution in [1.29, 1.82) is 0 Å². The summed E-state index contributed by atoms with van der Waals surface area (Å²) in [5.41, 5.74) is 1.66. The predicted octanol–water partition coefficient (Wildman–Crippen LogP) is 3.74. The first kappa shape index (κ1) is 15.3. The lowest BCUT2D eigenvalue weighted by Gasteiger charge is -2.13. The number of aromatic nitrogens is 4. The van der Waals surface area contributed by atoms with Crippen molar-refractivity contribution < 1.29 is 9.13 Å². The zero-order valence-corrected chi connectivity index (χ0v) is 13.9. The van der Waals surface area contributed by atoms with Gasteiger partial charge in [-0.25, -0.2) is 19.3 Å². The molecule has 4 rings (SSSR count). The number of nitrogens with one attached hydrogen (secondary N) is 1. The van der Waals surface area contributed by atoms with Gasteiger partial charge in [0, 0.05) is 6.61 Å². The third-order valence-electron chi connectivity index (χ3n) is 3.93. The summed E-state index contributed by atoms with van der Waals surface area (Å²) in [6.07, 6.45) is 5.51. The van der Waals surface area contributed by atoms with Crippen molar-refractivity contribution in [3.63, 3.8) is 0 Å². The van der Waals surface area contributed by atoms with E-state index in [1.165, 1.54) is 17.8 Å². The summed E-state index contributed by atoms with van der Waals surface area (Å²) in [6, 6.07) is 6.49. The molecule has 1 aromatic carbocycles. The highest BCUT2D eigenvalue weighted by Crippen LogP contribution is 2.31. The van der Waals surface area contributed by atoms with Crippen molar-refractivity contribution >= 4 is 34.4 Å². The molecule has 1 N–H and O–H groups in total. The average Bonchev–Trinajstić information content (AvgIpc) is 3.25. The molecule has 1 aliphatic rings. The van der Waals surface area contributed by atoms with Crippen LogP contribution in [-0.4, -0.2) is 32.4 Å². The highest BCUT2D eigenvalue weighted by Gasteiger charge is 2.22. The quantitative estimate of drug-likeness (QED) is 0.574. The molecule has 2 aromatic heterocycles. The lowest BCUT2D eigenvalue weighted by atomic mass is 10.3. The molecule has 3 heterocycles. The summed E-state index contributed by atoms with van der Waals surface area (Å²) < 4.78 is 21.6. The lowest BCUT2D eigenvalue weighted by molar-refractivity contribution is 0.0592. The molecule has 24 heavy (non-hydrogen) atoms. The third kappa shape index (κ3) is 2.71. The largest absolute Gasteiger partial charge is 0.358 e. The molecule has 6 nitrogen and oxygen atoms in total. The summed E-state index contributed by atoms with van der Waals surface area (Å²) in [4.78, 5) is 13.4. The molecule has 0 saturated carbocycles. The Morgan fingerprint density at radius 2 is 2.21 bits per heavy atom. The van der Waals surface area contributed by atoms with Gasteiger partial charge in [0.05, 0.1) is 12.0 Å². The molecular weight excluding hydrogens is 329 g/mol. The predicted molar refractivity (Wildman–Crippen MR) is 91.0 cm³/mol. The molecule has 0 radical (unpaired) electrons. The van der Waals surface area contributed by atoms with E-state index in [-0.39, 0.29) is 12.0 Å². The van der Waals surface area contributed by atoms with E-state index in [1.807, 2.05) is 10.8 Å². The average molecular weight is 345 g/mol. The molecule has 124 valence electrons. The second-order valence-electron chi connectivity index (χ2n) is 5.46. The Kier molecular flexibility index (Phi) is 4.07. The molecule has 1 unspecified atom stereocenters. The molecule has 0 spiro atoms. The van der Waals surface area contributed by atoms with Crippen molar-refractivity contribution in [2.45, 2.75) is 24.2 Å². The van der Waals surface area contributed by atoms with Gasteiger partial charge in [-0.1, -0.05) is 23.9 Å². The number of fused-ring (bicyclic) bond motifs is 1. The lowest BCUT2D eigenvalue weighted by Crippen LogP contribution is -2.07. The van der Waals surface area contributed by atoms with Crippen LogP contribution in [0.15, 0.2) is 35.7 Å². The van der Waals surface area contributed by atoms with Crippen LogP contribution in [0, 0.1) is 5.82 Å². The van der Waals surface area contributed by atoms with Gasteiger partial charge in [-0.2, -0.15) is 0 Å². The highest BCUT2D eigenvalue weighted by molar-refractivity contribution is 7.98. The van der Waals surface area contributed by atoms with Crippen LogP contribution in [-0.2, 0) is 4.74 Å². The van der Waals surface area contributed by atoms with Crippen molar-refractivity contribution in [1.82, 2.24) is 19.5 Å². The van der Waals surface area contributed by atoms with Crippen LogP contribution >= 0.6 is 11.8 Å². The van der Waals surface area contributed by atoms with Gasteiger partial charge in [-0.05, 0) is 31.2 Å². The molecule has 1 aliphatic heterocycles. The number of anilines is 2. The number of halogens is 1. The monoisotopic (exact) mass is 345 g/mol. The minimum atomic E-state index is -0.339. The Morgan fingerprint density at radius 1 is 1.33 bits per heavy atom. The van der Waals surface area contributed by atoms with Gasteiger partial charge in [-0.15, -0.1) is 0 Å². The number of hydrogen-bond donors (Lipinski definition) is 1. The first-order valence-corrected chi connectivity index (χ1v) is 8.90. The van der Waals surface area contributed by atoms with Crippen LogP contribution in [0.25, 0.3) is 11.2 Å².